The fourth-order valence-corrected chi connectivity index (χ4v) is 0.850. The average Bonchev–Trinajstić information content (AvgIpc) is 2.13. The number of nitrogens with two attached hydrogens (primary N) is 1. The number of carbonyl (C=O) groups is 2. The van der Waals surface area contributed by atoms with Crippen LogP contribution in [-0.2, 0) is 4.79 Å². The minimum atomic E-state index is -0.159. The fraction of sp³-hybridized carbons (Fsp3) is 0.600. The van der Waals surface area contributed by atoms with E-state index in [0.717, 1.165) is 0 Å². The Hall–Kier alpha value is -0.900. The number of imide groups is 1. The van der Waals surface area contributed by atoms with Crippen LogP contribution in [0.1, 0.15) is 6.92 Å². The summed E-state index contributed by atoms with van der Waals surface area (Å²) in [4.78, 5) is 22.4. The molecule has 4 nitrogen and oxygen atoms in total. The van der Waals surface area contributed by atoms with E-state index in [1.54, 1.807) is 0 Å². The minimum absolute atomic E-state index is 0.150. The molecule has 0 radical (unpaired) electrons. The molecule has 0 unspecified atom stereocenters. The quantitative estimate of drug-likeness (QED) is 0.434. The molecule has 1 aliphatic heterocycles. The van der Waals surface area contributed by atoms with E-state index in [0.29, 0.717) is 13.1 Å². The van der Waals surface area contributed by atoms with Gasteiger partial charge in [-0.05, 0) is 0 Å². The van der Waals surface area contributed by atoms with Crippen molar-refractivity contribution in [3.8, 4) is 0 Å². The molecule has 0 aromatic rings. The fourth-order valence-electron chi connectivity index (χ4n) is 0.850. The van der Waals surface area contributed by atoms with E-state index in [1.807, 2.05) is 0 Å². The summed E-state index contributed by atoms with van der Waals surface area (Å²) >= 11 is 0. The van der Waals surface area contributed by atoms with Gasteiger partial charge in [0.1, 0.15) is 6.54 Å². The summed E-state index contributed by atoms with van der Waals surface area (Å²) in [7, 11) is 0. The number of amides is 3. The van der Waals surface area contributed by atoms with E-state index >= 15 is 0 Å². The molecule has 0 spiro atoms. The van der Waals surface area contributed by atoms with Crippen molar-refractivity contribution < 1.29 is 14.9 Å². The number of hydrogen-bond acceptors (Lipinski definition) is 2. The summed E-state index contributed by atoms with van der Waals surface area (Å²) in [6.45, 7) is 2.67. The first-order chi connectivity index (χ1) is 4.22. The average molecular weight is 129 g/mol. The van der Waals surface area contributed by atoms with Crippen molar-refractivity contribution in [2.45, 2.75) is 6.92 Å². The maximum atomic E-state index is 10.7. The Balaban J connectivity index is 2.60. The zero-order valence-corrected chi connectivity index (χ0v) is 5.26. The Labute approximate surface area is 52.8 Å². The molecule has 1 rings (SSSR count). The van der Waals surface area contributed by atoms with Crippen molar-refractivity contribution in [1.82, 2.24) is 4.90 Å². The Morgan fingerprint density at radius 1 is 1.78 bits per heavy atom. The molecule has 0 aliphatic carbocycles. The van der Waals surface area contributed by atoms with Crippen LogP contribution < -0.4 is 5.32 Å². The molecule has 1 saturated heterocycles. The van der Waals surface area contributed by atoms with Crippen molar-refractivity contribution in [2.75, 3.05) is 13.1 Å². The van der Waals surface area contributed by atoms with Gasteiger partial charge in [-0.3, -0.25) is 10.1 Å². The summed E-state index contributed by atoms with van der Waals surface area (Å²) in [6, 6.07) is -0.150. The van der Waals surface area contributed by atoms with Gasteiger partial charge >= 0.3 is 6.03 Å². The third-order valence-corrected chi connectivity index (χ3v) is 1.32. The molecule has 0 saturated carbocycles. The van der Waals surface area contributed by atoms with E-state index in [-0.39, 0.29) is 11.9 Å². The first-order valence-corrected chi connectivity index (χ1v) is 2.87. The molecule has 0 bridgehead atoms. The van der Waals surface area contributed by atoms with Gasteiger partial charge < -0.3 is 0 Å². The van der Waals surface area contributed by atoms with Crippen LogP contribution in [0.25, 0.3) is 0 Å². The van der Waals surface area contributed by atoms with Gasteiger partial charge in [-0.1, -0.05) is 0 Å². The van der Waals surface area contributed by atoms with Crippen molar-refractivity contribution >= 4 is 11.9 Å². The topological polar surface area (TPSA) is 54.0 Å². The molecule has 1 fully saturated rings. The van der Waals surface area contributed by atoms with Crippen LogP contribution in [0, 0.1) is 0 Å². The number of hydrogen-bond donors (Lipinski definition) is 1. The van der Waals surface area contributed by atoms with Crippen molar-refractivity contribution in [1.29, 1.82) is 0 Å². The molecule has 50 valence electrons. The Morgan fingerprint density at radius 2 is 2.44 bits per heavy atom. The molecular weight excluding hydrogens is 120 g/mol. The highest BCUT2D eigenvalue weighted by molar-refractivity contribution is 5.89. The van der Waals surface area contributed by atoms with E-state index in [2.05, 4.69) is 0 Å². The van der Waals surface area contributed by atoms with E-state index < -0.39 is 0 Å². The van der Waals surface area contributed by atoms with Gasteiger partial charge in [-0.15, -0.1) is 0 Å². The first-order valence-electron chi connectivity index (χ1n) is 2.87. The van der Waals surface area contributed by atoms with Crippen LogP contribution in [0.4, 0.5) is 4.79 Å². The number of carbonyl (C=O) groups excluding carboxylic acids is 2. The largest absolute Gasteiger partial charge is 0.422 e. The second-order valence-corrected chi connectivity index (χ2v) is 2.00. The number of primary amides is 1. The highest BCUT2D eigenvalue weighted by atomic mass is 16.2. The summed E-state index contributed by atoms with van der Waals surface area (Å²) in [5, 5.41) is 1.53. The molecule has 9 heavy (non-hydrogen) atoms. The lowest BCUT2D eigenvalue weighted by molar-refractivity contribution is -0.540. The summed E-state index contributed by atoms with van der Waals surface area (Å²) in [5.74, 6) is -0.159. The number of nitrogens with zero attached hydrogens (tertiary/aromatic N) is 1. The minimum Gasteiger partial charge on any atom is -0.275 e. The molecule has 1 aliphatic rings. The standard InChI is InChI=1S/C5H8N2O2/c1-4(8)7-3-2-6-5(7)9/h2-3H2,1H3,(H,6,9)/p+1. The predicted molar refractivity (Wildman–Crippen MR) is 29.6 cm³/mol. The molecule has 4 heteroatoms. The monoisotopic (exact) mass is 129 g/mol. The highest BCUT2D eigenvalue weighted by Gasteiger charge is 2.27. The Bertz CT molecular complexity index is 155. The zero-order chi connectivity index (χ0) is 6.85. The summed E-state index contributed by atoms with van der Waals surface area (Å²) in [6.07, 6.45) is 0. The lowest BCUT2D eigenvalue weighted by Gasteiger charge is -2.02. The lowest BCUT2D eigenvalue weighted by atomic mass is 10.5. The first kappa shape index (κ1) is 6.22. The lowest BCUT2D eigenvalue weighted by Crippen LogP contribution is -2.85. The van der Waals surface area contributed by atoms with Gasteiger partial charge in [0.25, 0.3) is 0 Å². The Kier molecular flexibility index (Phi) is 1.48. The number of urea groups is 1. The summed E-state index contributed by atoms with van der Waals surface area (Å²) in [5.41, 5.74) is 0. The van der Waals surface area contributed by atoms with Crippen LogP contribution in [0.3, 0.4) is 0 Å². The molecule has 0 atom stereocenters. The van der Waals surface area contributed by atoms with Crippen molar-refractivity contribution in [3.05, 3.63) is 0 Å². The molecule has 0 aromatic heterocycles. The van der Waals surface area contributed by atoms with Crippen LogP contribution >= 0.6 is 0 Å². The van der Waals surface area contributed by atoms with Gasteiger partial charge in [0.15, 0.2) is 0 Å². The van der Waals surface area contributed by atoms with Gasteiger partial charge in [0.2, 0.25) is 5.91 Å². The van der Waals surface area contributed by atoms with Crippen molar-refractivity contribution in [2.24, 2.45) is 0 Å². The van der Waals surface area contributed by atoms with Gasteiger partial charge in [-0.25, -0.2) is 9.69 Å². The van der Waals surface area contributed by atoms with Crippen molar-refractivity contribution in [3.63, 3.8) is 0 Å². The summed E-state index contributed by atoms with van der Waals surface area (Å²) < 4.78 is 0. The van der Waals surface area contributed by atoms with Gasteiger partial charge in [-0.2, -0.15) is 0 Å². The van der Waals surface area contributed by atoms with Crippen LogP contribution in [0.2, 0.25) is 0 Å². The van der Waals surface area contributed by atoms with E-state index in [9.17, 15) is 9.59 Å². The van der Waals surface area contributed by atoms with Crippen LogP contribution in [-0.4, -0.2) is 29.9 Å². The van der Waals surface area contributed by atoms with Gasteiger partial charge in [0.05, 0.1) is 6.54 Å². The zero-order valence-electron chi connectivity index (χ0n) is 5.26. The molecule has 2 N–H and O–H groups in total. The maximum Gasteiger partial charge on any atom is 0.422 e. The number of rotatable bonds is 0. The van der Waals surface area contributed by atoms with Crippen LogP contribution in [0.15, 0.2) is 0 Å². The SMILES string of the molecule is CC(=O)N1CC[NH2+]C1=O. The normalized spacial score (nSPS) is 18.8. The van der Waals surface area contributed by atoms with Gasteiger partial charge in [0, 0.05) is 6.92 Å². The maximum absolute atomic E-state index is 10.7. The third-order valence-electron chi connectivity index (χ3n) is 1.32. The Morgan fingerprint density at radius 3 is 2.67 bits per heavy atom. The van der Waals surface area contributed by atoms with E-state index in [4.69, 9.17) is 0 Å². The number of quaternary nitrogens is 1. The molecule has 1 heterocycles. The second-order valence-electron chi connectivity index (χ2n) is 2.00. The smallest absolute Gasteiger partial charge is 0.275 e. The second kappa shape index (κ2) is 2.14. The third kappa shape index (κ3) is 1.08. The molecular formula is C5H9N2O2+. The molecule has 3 amide bonds. The molecule has 0 aromatic carbocycles. The van der Waals surface area contributed by atoms with E-state index in [1.165, 1.54) is 17.1 Å². The highest BCUT2D eigenvalue weighted by Crippen LogP contribution is 1.89. The van der Waals surface area contributed by atoms with Crippen LogP contribution in [0.5, 0.6) is 0 Å². The predicted octanol–water partition coefficient (Wildman–Crippen LogP) is -1.47.